The minimum absolute atomic E-state index is 0.111. The van der Waals surface area contributed by atoms with Gasteiger partial charge < -0.3 is 10.0 Å². The maximum atomic E-state index is 12.4. The summed E-state index contributed by atoms with van der Waals surface area (Å²) >= 11 is 0. The van der Waals surface area contributed by atoms with Crippen molar-refractivity contribution in [3.05, 3.63) is 65.2 Å². The molecule has 0 radical (unpaired) electrons. The normalized spacial score (nSPS) is 11.5. The molecule has 2 rings (SSSR count). The summed E-state index contributed by atoms with van der Waals surface area (Å²) in [4.78, 5) is 14.1. The van der Waals surface area contributed by atoms with E-state index in [2.05, 4.69) is 0 Å². The van der Waals surface area contributed by atoms with Gasteiger partial charge in [-0.05, 0) is 48.9 Å². The van der Waals surface area contributed by atoms with Gasteiger partial charge >= 0.3 is 0 Å². The summed E-state index contributed by atoms with van der Waals surface area (Å²) in [5.41, 5.74) is 2.01. The third-order valence-corrected chi connectivity index (χ3v) is 3.54. The summed E-state index contributed by atoms with van der Waals surface area (Å²) < 4.78 is 0. The fraction of sp³-hybridized carbons (Fsp3) is 0.176. The van der Waals surface area contributed by atoms with Gasteiger partial charge in [0.25, 0.3) is 5.91 Å². The molecule has 0 bridgehead atoms. The second kappa shape index (κ2) is 6.10. The smallest absolute Gasteiger partial charge is 0.254 e. The van der Waals surface area contributed by atoms with Crippen molar-refractivity contribution in [3.8, 4) is 11.8 Å². The van der Waals surface area contributed by atoms with Crippen LogP contribution in [0, 0.1) is 11.3 Å². The standard InChI is InChI=1S/C17H16N2O2/c1-12(14-7-9-16(20)10-8-14)19(2)17(21)15-5-3-13(11-18)4-6-15/h3-10,12,20H,1-2H3. The van der Waals surface area contributed by atoms with E-state index in [4.69, 9.17) is 5.26 Å². The third kappa shape index (κ3) is 3.21. The Morgan fingerprint density at radius 1 is 1.14 bits per heavy atom. The number of carbonyl (C=O) groups excluding carboxylic acids is 1. The first-order chi connectivity index (χ1) is 10.0. The quantitative estimate of drug-likeness (QED) is 0.939. The van der Waals surface area contributed by atoms with Crippen LogP contribution in [0.3, 0.4) is 0 Å². The molecule has 106 valence electrons. The molecule has 21 heavy (non-hydrogen) atoms. The maximum Gasteiger partial charge on any atom is 0.254 e. The average molecular weight is 280 g/mol. The molecule has 1 unspecified atom stereocenters. The van der Waals surface area contributed by atoms with Crippen LogP contribution in [0.2, 0.25) is 0 Å². The topological polar surface area (TPSA) is 64.3 Å². The summed E-state index contributed by atoms with van der Waals surface area (Å²) in [6, 6.07) is 15.3. The highest BCUT2D eigenvalue weighted by Crippen LogP contribution is 2.22. The van der Waals surface area contributed by atoms with E-state index >= 15 is 0 Å². The molecule has 2 aromatic rings. The molecule has 1 atom stereocenters. The number of hydrogen-bond donors (Lipinski definition) is 1. The van der Waals surface area contributed by atoms with E-state index in [0.717, 1.165) is 5.56 Å². The zero-order valence-corrected chi connectivity index (χ0v) is 11.9. The molecule has 4 nitrogen and oxygen atoms in total. The van der Waals surface area contributed by atoms with Gasteiger partial charge in [0.1, 0.15) is 5.75 Å². The number of nitriles is 1. The van der Waals surface area contributed by atoms with E-state index in [1.165, 1.54) is 0 Å². The van der Waals surface area contributed by atoms with E-state index in [1.807, 2.05) is 13.0 Å². The lowest BCUT2D eigenvalue weighted by molar-refractivity contribution is 0.0742. The summed E-state index contributed by atoms with van der Waals surface area (Å²) in [5.74, 6) is 0.0899. The number of benzene rings is 2. The second-order valence-electron chi connectivity index (χ2n) is 4.87. The van der Waals surface area contributed by atoms with Crippen LogP contribution in [0.1, 0.15) is 34.5 Å². The molecular weight excluding hydrogens is 264 g/mol. The maximum absolute atomic E-state index is 12.4. The van der Waals surface area contributed by atoms with E-state index in [-0.39, 0.29) is 17.7 Å². The minimum Gasteiger partial charge on any atom is -0.508 e. The van der Waals surface area contributed by atoms with Crippen LogP contribution in [0.5, 0.6) is 5.75 Å². The Morgan fingerprint density at radius 3 is 2.24 bits per heavy atom. The number of amides is 1. The molecular formula is C17H16N2O2. The minimum atomic E-state index is -0.117. The Bertz CT molecular complexity index is 669. The lowest BCUT2D eigenvalue weighted by Gasteiger charge is -2.25. The second-order valence-corrected chi connectivity index (χ2v) is 4.87. The van der Waals surface area contributed by atoms with Crippen LogP contribution in [0.15, 0.2) is 48.5 Å². The SMILES string of the molecule is CC(c1ccc(O)cc1)N(C)C(=O)c1ccc(C#N)cc1. The highest BCUT2D eigenvalue weighted by Gasteiger charge is 2.18. The summed E-state index contributed by atoms with van der Waals surface area (Å²) in [7, 11) is 1.73. The van der Waals surface area contributed by atoms with Crippen molar-refractivity contribution in [2.45, 2.75) is 13.0 Å². The number of phenols is 1. The van der Waals surface area contributed by atoms with E-state index < -0.39 is 0 Å². The van der Waals surface area contributed by atoms with Crippen molar-refractivity contribution < 1.29 is 9.90 Å². The number of aromatic hydroxyl groups is 1. The van der Waals surface area contributed by atoms with Crippen molar-refractivity contribution in [2.75, 3.05) is 7.05 Å². The molecule has 0 heterocycles. The number of nitrogens with zero attached hydrogens (tertiary/aromatic N) is 2. The van der Waals surface area contributed by atoms with Crippen molar-refractivity contribution in [2.24, 2.45) is 0 Å². The largest absolute Gasteiger partial charge is 0.508 e. The van der Waals surface area contributed by atoms with E-state index in [9.17, 15) is 9.90 Å². The highest BCUT2D eigenvalue weighted by atomic mass is 16.3. The van der Waals surface area contributed by atoms with E-state index in [0.29, 0.717) is 11.1 Å². The fourth-order valence-electron chi connectivity index (χ4n) is 2.04. The molecule has 1 N–H and O–H groups in total. The molecule has 0 fully saturated rings. The number of hydrogen-bond acceptors (Lipinski definition) is 3. The van der Waals surface area contributed by atoms with Gasteiger partial charge in [0.15, 0.2) is 0 Å². The molecule has 0 saturated carbocycles. The Hall–Kier alpha value is -2.80. The van der Waals surface area contributed by atoms with Gasteiger partial charge in [0.2, 0.25) is 0 Å². The zero-order valence-electron chi connectivity index (χ0n) is 11.9. The highest BCUT2D eigenvalue weighted by molar-refractivity contribution is 5.94. The molecule has 0 aliphatic carbocycles. The number of carbonyl (C=O) groups is 1. The predicted octanol–water partition coefficient (Wildman–Crippen LogP) is 3.10. The first-order valence-electron chi connectivity index (χ1n) is 6.59. The molecule has 0 aromatic heterocycles. The molecule has 2 aromatic carbocycles. The average Bonchev–Trinajstić information content (AvgIpc) is 2.53. The lowest BCUT2D eigenvalue weighted by atomic mass is 10.1. The number of rotatable bonds is 3. The first kappa shape index (κ1) is 14.6. The van der Waals surface area contributed by atoms with Crippen molar-refractivity contribution >= 4 is 5.91 Å². The summed E-state index contributed by atoms with van der Waals surface area (Å²) in [6.07, 6.45) is 0. The van der Waals surface area contributed by atoms with Gasteiger partial charge in [0.05, 0.1) is 17.7 Å². The molecule has 0 saturated heterocycles. The Balaban J connectivity index is 2.17. The van der Waals surface area contributed by atoms with Gasteiger partial charge in [-0.15, -0.1) is 0 Å². The van der Waals surface area contributed by atoms with Crippen LogP contribution in [0.25, 0.3) is 0 Å². The van der Waals surface area contributed by atoms with Gasteiger partial charge in [-0.1, -0.05) is 12.1 Å². The molecule has 0 spiro atoms. The Kier molecular flexibility index (Phi) is 4.24. The van der Waals surface area contributed by atoms with Gasteiger partial charge in [-0.25, -0.2) is 0 Å². The third-order valence-electron chi connectivity index (χ3n) is 3.54. The van der Waals surface area contributed by atoms with Crippen LogP contribution < -0.4 is 0 Å². The predicted molar refractivity (Wildman–Crippen MR) is 79.8 cm³/mol. The first-order valence-corrected chi connectivity index (χ1v) is 6.59. The molecule has 1 amide bonds. The molecule has 4 heteroatoms. The van der Waals surface area contributed by atoms with Crippen LogP contribution in [-0.2, 0) is 0 Å². The van der Waals surface area contributed by atoms with Gasteiger partial charge in [-0.3, -0.25) is 4.79 Å². The number of phenolic OH excluding ortho intramolecular Hbond substituents is 1. The molecule has 0 aliphatic heterocycles. The Labute approximate surface area is 123 Å². The van der Waals surface area contributed by atoms with Crippen LogP contribution in [0.4, 0.5) is 0 Å². The van der Waals surface area contributed by atoms with Crippen molar-refractivity contribution in [1.82, 2.24) is 4.90 Å². The van der Waals surface area contributed by atoms with Crippen LogP contribution >= 0.6 is 0 Å². The van der Waals surface area contributed by atoms with Crippen LogP contribution in [-0.4, -0.2) is 23.0 Å². The van der Waals surface area contributed by atoms with E-state index in [1.54, 1.807) is 60.5 Å². The summed E-state index contributed by atoms with van der Waals surface area (Å²) in [6.45, 7) is 1.92. The van der Waals surface area contributed by atoms with Crippen molar-refractivity contribution in [1.29, 1.82) is 5.26 Å². The lowest BCUT2D eigenvalue weighted by Crippen LogP contribution is -2.29. The zero-order chi connectivity index (χ0) is 15.4. The fourth-order valence-corrected chi connectivity index (χ4v) is 2.04. The summed E-state index contributed by atoms with van der Waals surface area (Å²) in [5, 5.41) is 18.1. The van der Waals surface area contributed by atoms with Gasteiger partial charge in [0, 0.05) is 12.6 Å². The van der Waals surface area contributed by atoms with Crippen molar-refractivity contribution in [3.63, 3.8) is 0 Å². The Morgan fingerprint density at radius 2 is 1.71 bits per heavy atom. The molecule has 0 aliphatic rings. The van der Waals surface area contributed by atoms with Gasteiger partial charge in [-0.2, -0.15) is 5.26 Å². The monoisotopic (exact) mass is 280 g/mol.